The normalized spacial score (nSPS) is 11.7. The molecule has 5 heteroatoms. The highest BCUT2D eigenvalue weighted by Crippen LogP contribution is 2.11. The van der Waals surface area contributed by atoms with E-state index < -0.39 is 0 Å². The van der Waals surface area contributed by atoms with Gasteiger partial charge in [-0.3, -0.25) is 0 Å². The van der Waals surface area contributed by atoms with Crippen molar-refractivity contribution in [3.8, 4) is 0 Å². The summed E-state index contributed by atoms with van der Waals surface area (Å²) >= 11 is 1.75. The lowest BCUT2D eigenvalue weighted by molar-refractivity contribution is 0.178. The van der Waals surface area contributed by atoms with Crippen LogP contribution in [0.3, 0.4) is 0 Å². The van der Waals surface area contributed by atoms with Gasteiger partial charge in [0.05, 0.1) is 5.69 Å². The van der Waals surface area contributed by atoms with Crippen LogP contribution in [-0.4, -0.2) is 43.7 Å². The Morgan fingerprint density at radius 1 is 1.47 bits per heavy atom. The Kier molecular flexibility index (Phi) is 8.21. The maximum absolute atomic E-state index is 5.06. The molecule has 1 aromatic heterocycles. The zero-order valence-electron chi connectivity index (χ0n) is 12.6. The summed E-state index contributed by atoms with van der Waals surface area (Å²) in [7, 11) is 3.88. The summed E-state index contributed by atoms with van der Waals surface area (Å²) in [6.07, 6.45) is 1.07. The van der Waals surface area contributed by atoms with Gasteiger partial charge in [-0.05, 0) is 25.9 Å². The second kappa shape index (κ2) is 9.42. The summed E-state index contributed by atoms with van der Waals surface area (Å²) in [5.74, 6) is 0.686. The maximum atomic E-state index is 5.06. The molecule has 0 saturated heterocycles. The van der Waals surface area contributed by atoms with Gasteiger partial charge in [0, 0.05) is 38.7 Å². The fourth-order valence-electron chi connectivity index (χ4n) is 1.80. The van der Waals surface area contributed by atoms with Crippen molar-refractivity contribution in [1.29, 1.82) is 0 Å². The van der Waals surface area contributed by atoms with Crippen LogP contribution >= 0.6 is 11.3 Å². The molecular formula is C14H27N3OS. The van der Waals surface area contributed by atoms with E-state index in [0.29, 0.717) is 5.92 Å². The van der Waals surface area contributed by atoms with Crippen molar-refractivity contribution in [2.24, 2.45) is 5.92 Å². The van der Waals surface area contributed by atoms with E-state index in [1.54, 1.807) is 18.4 Å². The van der Waals surface area contributed by atoms with Crippen molar-refractivity contribution < 1.29 is 4.74 Å². The second-order valence-corrected chi connectivity index (χ2v) is 6.28. The van der Waals surface area contributed by atoms with E-state index in [1.807, 2.05) is 0 Å². The molecule has 0 aromatic carbocycles. The molecule has 1 rings (SSSR count). The van der Waals surface area contributed by atoms with Crippen LogP contribution in [0.25, 0.3) is 0 Å². The van der Waals surface area contributed by atoms with Gasteiger partial charge in [-0.15, -0.1) is 11.3 Å². The highest BCUT2D eigenvalue weighted by molar-refractivity contribution is 7.09. The predicted octanol–water partition coefficient (Wildman–Crippen LogP) is 2.36. The number of ether oxygens (including phenoxy) is 1. The smallest absolute Gasteiger partial charge is 0.107 e. The fraction of sp³-hybridized carbons (Fsp3) is 0.786. The van der Waals surface area contributed by atoms with E-state index in [-0.39, 0.29) is 0 Å². The number of thiazole rings is 1. The molecule has 0 aliphatic carbocycles. The zero-order chi connectivity index (χ0) is 14.1. The number of hydrogen-bond acceptors (Lipinski definition) is 5. The number of nitrogens with zero attached hydrogens (tertiary/aromatic N) is 2. The number of hydrogen-bond donors (Lipinski definition) is 1. The Morgan fingerprint density at radius 2 is 2.26 bits per heavy atom. The maximum Gasteiger partial charge on any atom is 0.107 e. The first-order valence-electron chi connectivity index (χ1n) is 6.93. The lowest BCUT2D eigenvalue weighted by Gasteiger charge is -2.14. The van der Waals surface area contributed by atoms with Crippen LogP contribution < -0.4 is 5.32 Å². The average Bonchev–Trinajstić information content (AvgIpc) is 2.76. The molecule has 0 unspecified atom stereocenters. The van der Waals surface area contributed by atoms with Crippen LogP contribution in [0, 0.1) is 5.92 Å². The second-order valence-electron chi connectivity index (χ2n) is 5.34. The van der Waals surface area contributed by atoms with E-state index in [1.165, 1.54) is 10.7 Å². The summed E-state index contributed by atoms with van der Waals surface area (Å²) in [5.41, 5.74) is 1.17. The van der Waals surface area contributed by atoms with E-state index in [9.17, 15) is 0 Å². The predicted molar refractivity (Wildman–Crippen MR) is 81.5 cm³/mol. The third-order valence-corrected chi connectivity index (χ3v) is 3.65. The SMILES string of the molecule is COCCCN(C)Cc1csc(CNCC(C)C)n1. The van der Waals surface area contributed by atoms with Gasteiger partial charge in [0.25, 0.3) is 0 Å². The molecule has 0 aliphatic heterocycles. The highest BCUT2D eigenvalue weighted by atomic mass is 32.1. The molecule has 0 atom stereocenters. The summed E-state index contributed by atoms with van der Waals surface area (Å²) in [4.78, 5) is 6.95. The Hall–Kier alpha value is -0.490. The molecule has 110 valence electrons. The Morgan fingerprint density at radius 3 is 2.95 bits per heavy atom. The zero-order valence-corrected chi connectivity index (χ0v) is 13.4. The third kappa shape index (κ3) is 7.62. The molecule has 0 radical (unpaired) electrons. The van der Waals surface area contributed by atoms with Gasteiger partial charge < -0.3 is 15.0 Å². The summed E-state index contributed by atoms with van der Waals surface area (Å²) in [6, 6.07) is 0. The van der Waals surface area contributed by atoms with Crippen LogP contribution in [0.1, 0.15) is 31.0 Å². The molecular weight excluding hydrogens is 258 g/mol. The van der Waals surface area contributed by atoms with Crippen molar-refractivity contribution >= 4 is 11.3 Å². The molecule has 0 spiro atoms. The van der Waals surface area contributed by atoms with E-state index in [0.717, 1.165) is 39.2 Å². The quantitative estimate of drug-likeness (QED) is 0.670. The minimum Gasteiger partial charge on any atom is -0.385 e. The largest absolute Gasteiger partial charge is 0.385 e. The molecule has 0 bridgehead atoms. The lowest BCUT2D eigenvalue weighted by atomic mass is 10.2. The Bertz CT molecular complexity index is 341. The topological polar surface area (TPSA) is 37.4 Å². The van der Waals surface area contributed by atoms with Gasteiger partial charge in [0.15, 0.2) is 0 Å². The molecule has 4 nitrogen and oxygen atoms in total. The van der Waals surface area contributed by atoms with Gasteiger partial charge in [-0.2, -0.15) is 0 Å². The van der Waals surface area contributed by atoms with Crippen molar-refractivity contribution in [3.63, 3.8) is 0 Å². The number of rotatable bonds is 10. The molecule has 1 heterocycles. The number of nitrogens with one attached hydrogen (secondary N) is 1. The summed E-state index contributed by atoms with van der Waals surface area (Å²) in [6.45, 7) is 9.16. The van der Waals surface area contributed by atoms with Crippen molar-refractivity contribution in [2.75, 3.05) is 33.9 Å². The van der Waals surface area contributed by atoms with Crippen LogP contribution in [-0.2, 0) is 17.8 Å². The first-order chi connectivity index (χ1) is 9.11. The Labute approximate surface area is 121 Å². The number of methoxy groups -OCH3 is 1. The van der Waals surface area contributed by atoms with Crippen LogP contribution in [0.4, 0.5) is 0 Å². The first kappa shape index (κ1) is 16.6. The minimum absolute atomic E-state index is 0.686. The van der Waals surface area contributed by atoms with Crippen LogP contribution in [0.2, 0.25) is 0 Å². The number of aromatic nitrogens is 1. The standard InChI is InChI=1S/C14H27N3OS/c1-12(2)8-15-9-14-16-13(11-19-14)10-17(3)6-5-7-18-4/h11-12,15H,5-10H2,1-4H3. The van der Waals surface area contributed by atoms with Gasteiger partial charge in [0.1, 0.15) is 5.01 Å². The highest BCUT2D eigenvalue weighted by Gasteiger charge is 2.05. The molecule has 0 amide bonds. The van der Waals surface area contributed by atoms with Gasteiger partial charge in [-0.1, -0.05) is 13.8 Å². The fourth-order valence-corrected chi connectivity index (χ4v) is 2.56. The monoisotopic (exact) mass is 285 g/mol. The molecule has 0 aliphatic rings. The molecule has 0 saturated carbocycles. The van der Waals surface area contributed by atoms with Crippen molar-refractivity contribution in [3.05, 3.63) is 16.1 Å². The lowest BCUT2D eigenvalue weighted by Crippen LogP contribution is -2.21. The minimum atomic E-state index is 0.686. The van der Waals surface area contributed by atoms with Gasteiger partial charge >= 0.3 is 0 Å². The van der Waals surface area contributed by atoms with E-state index >= 15 is 0 Å². The summed E-state index contributed by atoms with van der Waals surface area (Å²) < 4.78 is 5.06. The van der Waals surface area contributed by atoms with Crippen molar-refractivity contribution in [2.45, 2.75) is 33.4 Å². The molecule has 0 fully saturated rings. The molecule has 1 aromatic rings. The Balaban J connectivity index is 2.25. The van der Waals surface area contributed by atoms with Gasteiger partial charge in [-0.25, -0.2) is 4.98 Å². The van der Waals surface area contributed by atoms with E-state index in [2.05, 4.69) is 41.5 Å². The third-order valence-electron chi connectivity index (χ3n) is 2.75. The molecule has 1 N–H and O–H groups in total. The van der Waals surface area contributed by atoms with Crippen LogP contribution in [0.15, 0.2) is 5.38 Å². The van der Waals surface area contributed by atoms with Crippen LogP contribution in [0.5, 0.6) is 0 Å². The van der Waals surface area contributed by atoms with Gasteiger partial charge in [0.2, 0.25) is 0 Å². The van der Waals surface area contributed by atoms with E-state index in [4.69, 9.17) is 4.74 Å². The van der Waals surface area contributed by atoms with Crippen molar-refractivity contribution in [1.82, 2.24) is 15.2 Å². The summed E-state index contributed by atoms with van der Waals surface area (Å²) in [5, 5.41) is 6.77. The first-order valence-corrected chi connectivity index (χ1v) is 7.81. The average molecular weight is 285 g/mol. The molecule has 19 heavy (non-hydrogen) atoms.